The zero-order valence-electron chi connectivity index (χ0n) is 38.0. The maximum absolute atomic E-state index is 12.3. The van der Waals surface area contributed by atoms with Gasteiger partial charge in [0.1, 0.15) is 0 Å². The van der Waals surface area contributed by atoms with Crippen LogP contribution in [-0.4, -0.2) is 47.4 Å². The molecule has 58 heavy (non-hydrogen) atoms. The molecule has 0 bridgehead atoms. The Labute approximate surface area is 358 Å². The van der Waals surface area contributed by atoms with Gasteiger partial charge in [-0.15, -0.1) is 0 Å². The minimum Gasteiger partial charge on any atom is -0.466 e. The Morgan fingerprint density at radius 2 is 0.879 bits per heavy atom. The van der Waals surface area contributed by atoms with Crippen LogP contribution in [0.3, 0.4) is 0 Å². The second kappa shape index (κ2) is 47.2. The molecule has 1 amide bonds. The van der Waals surface area contributed by atoms with Crippen LogP contribution in [0.2, 0.25) is 0 Å². The van der Waals surface area contributed by atoms with Gasteiger partial charge in [0.05, 0.1) is 25.4 Å². The van der Waals surface area contributed by atoms with Crippen LogP contribution in [0, 0.1) is 0 Å². The molecule has 0 aromatic rings. The summed E-state index contributed by atoms with van der Waals surface area (Å²) in [6, 6.07) is -0.671. The van der Waals surface area contributed by atoms with Gasteiger partial charge in [-0.1, -0.05) is 197 Å². The van der Waals surface area contributed by atoms with Gasteiger partial charge in [0.2, 0.25) is 5.91 Å². The van der Waals surface area contributed by atoms with E-state index in [0.717, 1.165) is 57.8 Å². The van der Waals surface area contributed by atoms with Gasteiger partial charge in [0.25, 0.3) is 0 Å². The van der Waals surface area contributed by atoms with Crippen molar-refractivity contribution in [2.45, 2.75) is 244 Å². The first kappa shape index (κ1) is 55.6. The number of aliphatic hydroxyl groups is 2. The van der Waals surface area contributed by atoms with Crippen molar-refractivity contribution in [3.63, 3.8) is 0 Å². The third kappa shape index (κ3) is 43.1. The van der Waals surface area contributed by atoms with Crippen LogP contribution in [-0.2, 0) is 14.3 Å². The average molecular weight is 812 g/mol. The fourth-order valence-electron chi connectivity index (χ4n) is 6.95. The van der Waals surface area contributed by atoms with Crippen molar-refractivity contribution in [2.75, 3.05) is 13.2 Å². The number of unbranched alkanes of at least 4 members (excludes halogenated alkanes) is 25. The van der Waals surface area contributed by atoms with E-state index in [0.29, 0.717) is 25.9 Å². The van der Waals surface area contributed by atoms with Crippen molar-refractivity contribution in [3.8, 4) is 0 Å². The van der Waals surface area contributed by atoms with E-state index in [9.17, 15) is 19.8 Å². The largest absolute Gasteiger partial charge is 0.466 e. The smallest absolute Gasteiger partial charge is 0.305 e. The van der Waals surface area contributed by atoms with E-state index < -0.39 is 12.1 Å². The highest BCUT2D eigenvalue weighted by Crippen LogP contribution is 2.13. The molecule has 6 nitrogen and oxygen atoms in total. The Morgan fingerprint density at radius 3 is 1.36 bits per heavy atom. The Kier molecular flexibility index (Phi) is 45.3. The summed E-state index contributed by atoms with van der Waals surface area (Å²) >= 11 is 0. The number of hydrogen-bond donors (Lipinski definition) is 3. The number of rotatable bonds is 44. The van der Waals surface area contributed by atoms with Crippen LogP contribution < -0.4 is 5.32 Å². The predicted molar refractivity (Wildman–Crippen MR) is 250 cm³/mol. The van der Waals surface area contributed by atoms with E-state index in [2.05, 4.69) is 61.7 Å². The van der Waals surface area contributed by atoms with Gasteiger partial charge >= 0.3 is 5.97 Å². The van der Waals surface area contributed by atoms with Gasteiger partial charge in [0.15, 0.2) is 0 Å². The first-order valence-corrected chi connectivity index (χ1v) is 24.6. The Bertz CT molecular complexity index is 1030. The maximum atomic E-state index is 12.3. The number of aliphatic hydroxyl groups excluding tert-OH is 2. The van der Waals surface area contributed by atoms with E-state index in [1.165, 1.54) is 141 Å². The molecule has 6 heteroatoms. The molecule has 0 rings (SSSR count). The van der Waals surface area contributed by atoms with Crippen LogP contribution in [0.4, 0.5) is 0 Å². The van der Waals surface area contributed by atoms with Crippen LogP contribution in [0.15, 0.2) is 60.8 Å². The van der Waals surface area contributed by atoms with Crippen molar-refractivity contribution in [3.05, 3.63) is 60.8 Å². The summed E-state index contributed by atoms with van der Waals surface area (Å²) in [5.41, 5.74) is 0. The van der Waals surface area contributed by atoms with Gasteiger partial charge in [-0.2, -0.15) is 0 Å². The van der Waals surface area contributed by atoms with E-state index in [-0.39, 0.29) is 18.5 Å². The SMILES string of the molecule is CCCCCC/C=C\C/C=C\CCCCCCCCCC(=O)OCCCCCCCC/C=C\C/C=C\CCC(=O)NC(CO)C(O)/C=C/CCCCCCCCCC. The summed E-state index contributed by atoms with van der Waals surface area (Å²) in [6.07, 6.45) is 59.4. The predicted octanol–water partition coefficient (Wildman–Crippen LogP) is 14.5. The first-order chi connectivity index (χ1) is 28.5. The molecule has 0 aromatic heterocycles. The Hall–Kier alpha value is -2.44. The molecule has 0 aliphatic carbocycles. The molecule has 0 aromatic carbocycles. The molecule has 0 spiro atoms. The lowest BCUT2D eigenvalue weighted by molar-refractivity contribution is -0.143. The number of esters is 1. The monoisotopic (exact) mass is 812 g/mol. The highest BCUT2D eigenvalue weighted by Gasteiger charge is 2.17. The molecule has 336 valence electrons. The summed E-state index contributed by atoms with van der Waals surface area (Å²) in [5, 5.41) is 22.8. The number of nitrogens with one attached hydrogen (secondary N) is 1. The molecule has 0 aliphatic rings. The van der Waals surface area contributed by atoms with Crippen molar-refractivity contribution in [2.24, 2.45) is 0 Å². The second-order valence-electron chi connectivity index (χ2n) is 16.4. The van der Waals surface area contributed by atoms with Crippen molar-refractivity contribution < 1.29 is 24.5 Å². The molecular formula is C52H93NO5. The van der Waals surface area contributed by atoms with E-state index in [1.807, 2.05) is 12.2 Å². The Balaban J connectivity index is 3.57. The summed E-state index contributed by atoms with van der Waals surface area (Å²) in [5.74, 6) is -0.181. The lowest BCUT2D eigenvalue weighted by Gasteiger charge is -2.19. The van der Waals surface area contributed by atoms with Crippen LogP contribution in [0.1, 0.15) is 232 Å². The fraction of sp³-hybridized carbons (Fsp3) is 0.769. The number of amides is 1. The van der Waals surface area contributed by atoms with Gasteiger partial charge in [0, 0.05) is 12.8 Å². The standard InChI is InChI=1S/C52H93NO5/c1-3-5-7-9-11-13-15-16-17-18-19-20-23-26-30-34-38-42-46-52(57)58-47-43-39-35-31-27-24-21-22-25-29-33-37-41-45-51(56)53-49(48-54)50(55)44-40-36-32-28-14-12-10-8-6-4-2/h13,15,17-18,22,25,33,37,40,44,49-50,54-55H,3-12,14,16,19-21,23-24,26-32,34-36,38-39,41-43,45-48H2,1-2H3,(H,53,56)/b15-13-,18-17-,25-22-,37-33-,44-40+. The molecule has 0 heterocycles. The lowest BCUT2D eigenvalue weighted by Crippen LogP contribution is -2.45. The third-order valence-corrected chi connectivity index (χ3v) is 10.8. The molecule has 3 N–H and O–H groups in total. The Morgan fingerprint density at radius 1 is 0.483 bits per heavy atom. The lowest BCUT2D eigenvalue weighted by atomic mass is 10.1. The van der Waals surface area contributed by atoms with Crippen LogP contribution >= 0.6 is 0 Å². The normalized spacial score (nSPS) is 13.2. The van der Waals surface area contributed by atoms with Crippen molar-refractivity contribution in [1.82, 2.24) is 5.32 Å². The number of carbonyl (C=O) groups is 2. The molecule has 0 radical (unpaired) electrons. The zero-order valence-corrected chi connectivity index (χ0v) is 38.0. The highest BCUT2D eigenvalue weighted by atomic mass is 16.5. The number of hydrogen-bond acceptors (Lipinski definition) is 5. The summed E-state index contributed by atoms with van der Waals surface area (Å²) in [4.78, 5) is 24.4. The maximum Gasteiger partial charge on any atom is 0.305 e. The highest BCUT2D eigenvalue weighted by molar-refractivity contribution is 5.76. The third-order valence-electron chi connectivity index (χ3n) is 10.8. The van der Waals surface area contributed by atoms with Crippen molar-refractivity contribution in [1.29, 1.82) is 0 Å². The molecular weight excluding hydrogens is 719 g/mol. The minimum absolute atomic E-state index is 0.0275. The molecule has 0 fully saturated rings. The average Bonchev–Trinajstić information content (AvgIpc) is 3.22. The quantitative estimate of drug-likeness (QED) is 0.0323. The minimum atomic E-state index is -0.879. The molecule has 2 unspecified atom stereocenters. The molecule has 0 saturated heterocycles. The molecule has 2 atom stereocenters. The van der Waals surface area contributed by atoms with E-state index in [1.54, 1.807) is 6.08 Å². The number of allylic oxidation sites excluding steroid dienone is 9. The van der Waals surface area contributed by atoms with Gasteiger partial charge in [-0.25, -0.2) is 0 Å². The second-order valence-corrected chi connectivity index (χ2v) is 16.4. The molecule has 0 saturated carbocycles. The first-order valence-electron chi connectivity index (χ1n) is 24.6. The topological polar surface area (TPSA) is 95.9 Å². The van der Waals surface area contributed by atoms with Crippen LogP contribution in [0.5, 0.6) is 0 Å². The van der Waals surface area contributed by atoms with Gasteiger partial charge in [-0.3, -0.25) is 9.59 Å². The van der Waals surface area contributed by atoms with Crippen molar-refractivity contribution >= 4 is 11.9 Å². The summed E-state index contributed by atoms with van der Waals surface area (Å²) in [6.45, 7) is 4.77. The van der Waals surface area contributed by atoms with E-state index >= 15 is 0 Å². The summed E-state index contributed by atoms with van der Waals surface area (Å²) < 4.78 is 5.45. The molecule has 0 aliphatic heterocycles. The zero-order chi connectivity index (χ0) is 42.3. The van der Waals surface area contributed by atoms with Crippen LogP contribution in [0.25, 0.3) is 0 Å². The van der Waals surface area contributed by atoms with E-state index in [4.69, 9.17) is 4.74 Å². The fourth-order valence-corrected chi connectivity index (χ4v) is 6.95. The number of ether oxygens (including phenoxy) is 1. The van der Waals surface area contributed by atoms with Gasteiger partial charge < -0.3 is 20.3 Å². The van der Waals surface area contributed by atoms with Gasteiger partial charge in [-0.05, 0) is 83.5 Å². The summed E-state index contributed by atoms with van der Waals surface area (Å²) in [7, 11) is 0. The number of carbonyl (C=O) groups excluding carboxylic acids is 2.